The molecular formula is C15H24N4O3. The third-order valence-corrected chi connectivity index (χ3v) is 2.54. The Morgan fingerprint density at radius 3 is 2.64 bits per heavy atom. The van der Waals surface area contributed by atoms with Crippen LogP contribution in [0.25, 0.3) is 0 Å². The van der Waals surface area contributed by atoms with Crippen LogP contribution in [0.1, 0.15) is 34.6 Å². The van der Waals surface area contributed by atoms with Gasteiger partial charge < -0.3 is 20.7 Å². The molecule has 0 fully saturated rings. The van der Waals surface area contributed by atoms with Crippen LogP contribution in [-0.4, -0.2) is 35.2 Å². The summed E-state index contributed by atoms with van der Waals surface area (Å²) in [6.45, 7) is 9.51. The Morgan fingerprint density at radius 2 is 2.05 bits per heavy atom. The van der Waals surface area contributed by atoms with E-state index in [0.717, 1.165) is 5.69 Å². The molecule has 0 bridgehead atoms. The molecule has 7 heteroatoms. The van der Waals surface area contributed by atoms with Gasteiger partial charge in [0.1, 0.15) is 11.6 Å². The number of carbonyl (C=O) groups is 2. The Kier molecular flexibility index (Phi) is 6.15. The van der Waals surface area contributed by atoms with Gasteiger partial charge in [0.2, 0.25) is 5.91 Å². The Morgan fingerprint density at radius 1 is 1.36 bits per heavy atom. The van der Waals surface area contributed by atoms with Crippen molar-refractivity contribution in [2.75, 3.05) is 17.2 Å². The molecule has 7 nitrogen and oxygen atoms in total. The summed E-state index contributed by atoms with van der Waals surface area (Å²) in [6.07, 6.45) is 0.950. The minimum absolute atomic E-state index is 0.372. The zero-order valence-corrected chi connectivity index (χ0v) is 13.7. The highest BCUT2D eigenvalue weighted by atomic mass is 16.6. The van der Waals surface area contributed by atoms with Crippen molar-refractivity contribution in [2.24, 2.45) is 0 Å². The van der Waals surface area contributed by atoms with Gasteiger partial charge >= 0.3 is 6.09 Å². The number of pyridine rings is 1. The van der Waals surface area contributed by atoms with Gasteiger partial charge in [0.05, 0.1) is 5.69 Å². The Bertz CT molecular complexity index is 526. The molecular weight excluding hydrogens is 284 g/mol. The molecule has 0 saturated heterocycles. The van der Waals surface area contributed by atoms with Gasteiger partial charge in [-0.05, 0) is 46.8 Å². The lowest BCUT2D eigenvalue weighted by molar-refractivity contribution is -0.117. The number of alkyl carbamates (subject to hydrolysis) is 1. The lowest BCUT2D eigenvalue weighted by Gasteiger charge is -2.21. The first-order chi connectivity index (χ1) is 10.2. The zero-order valence-electron chi connectivity index (χ0n) is 13.7. The number of hydrogen-bond acceptors (Lipinski definition) is 5. The first-order valence-corrected chi connectivity index (χ1v) is 7.22. The molecule has 0 aliphatic carbocycles. The van der Waals surface area contributed by atoms with Crippen molar-refractivity contribution in [1.29, 1.82) is 0 Å². The second-order valence-corrected chi connectivity index (χ2v) is 5.79. The molecule has 1 rings (SSSR count). The summed E-state index contributed by atoms with van der Waals surface area (Å²) in [5.74, 6) is 0.0518. The molecule has 0 aliphatic rings. The average Bonchev–Trinajstić information content (AvgIpc) is 2.38. The summed E-state index contributed by atoms with van der Waals surface area (Å²) in [4.78, 5) is 27.9. The van der Waals surface area contributed by atoms with Gasteiger partial charge in [-0.15, -0.1) is 0 Å². The van der Waals surface area contributed by atoms with Gasteiger partial charge in [0, 0.05) is 12.7 Å². The van der Waals surface area contributed by atoms with E-state index >= 15 is 0 Å². The number of aromatic nitrogens is 1. The van der Waals surface area contributed by atoms with Gasteiger partial charge in [-0.3, -0.25) is 4.79 Å². The van der Waals surface area contributed by atoms with Gasteiger partial charge in [0.25, 0.3) is 0 Å². The monoisotopic (exact) mass is 308 g/mol. The SMILES string of the molecule is CCNc1cccnc1NC(=O)C(C)NC(=O)OC(C)(C)C. The fourth-order valence-corrected chi connectivity index (χ4v) is 1.61. The molecule has 1 aromatic heterocycles. The molecule has 0 aliphatic heterocycles. The summed E-state index contributed by atoms with van der Waals surface area (Å²) in [5.41, 5.74) is 0.113. The van der Waals surface area contributed by atoms with Crippen LogP contribution in [-0.2, 0) is 9.53 Å². The lowest BCUT2D eigenvalue weighted by Crippen LogP contribution is -2.44. The van der Waals surface area contributed by atoms with Crippen molar-refractivity contribution in [1.82, 2.24) is 10.3 Å². The third-order valence-electron chi connectivity index (χ3n) is 2.54. The zero-order chi connectivity index (χ0) is 16.8. The van der Waals surface area contributed by atoms with Crippen LogP contribution < -0.4 is 16.0 Å². The highest BCUT2D eigenvalue weighted by molar-refractivity contribution is 5.97. The topological polar surface area (TPSA) is 92.4 Å². The molecule has 1 atom stereocenters. The fourth-order valence-electron chi connectivity index (χ4n) is 1.61. The second-order valence-electron chi connectivity index (χ2n) is 5.79. The van der Waals surface area contributed by atoms with Gasteiger partial charge in [0.15, 0.2) is 5.82 Å². The van der Waals surface area contributed by atoms with E-state index in [9.17, 15) is 9.59 Å². The van der Waals surface area contributed by atoms with E-state index in [4.69, 9.17) is 4.74 Å². The van der Waals surface area contributed by atoms with E-state index in [1.165, 1.54) is 0 Å². The number of ether oxygens (including phenoxy) is 1. The fraction of sp³-hybridized carbons (Fsp3) is 0.533. The number of anilines is 2. The number of rotatable bonds is 5. The summed E-state index contributed by atoms with van der Waals surface area (Å²) in [7, 11) is 0. The standard InChI is InChI=1S/C15H24N4O3/c1-6-16-11-8-7-9-17-12(11)19-13(20)10(2)18-14(21)22-15(3,4)5/h7-10,16H,6H2,1-5H3,(H,18,21)(H,17,19,20). The number of carbonyl (C=O) groups excluding carboxylic acids is 2. The minimum Gasteiger partial charge on any atom is -0.444 e. The quantitative estimate of drug-likeness (QED) is 0.776. The van der Waals surface area contributed by atoms with E-state index in [2.05, 4.69) is 20.9 Å². The van der Waals surface area contributed by atoms with Gasteiger partial charge in [-0.1, -0.05) is 0 Å². The predicted molar refractivity (Wildman–Crippen MR) is 85.9 cm³/mol. The van der Waals surface area contributed by atoms with E-state index < -0.39 is 17.7 Å². The third kappa shape index (κ3) is 5.99. The van der Waals surface area contributed by atoms with Crippen LogP contribution in [0, 0.1) is 0 Å². The number of hydrogen-bond donors (Lipinski definition) is 3. The van der Waals surface area contributed by atoms with Crippen LogP contribution in [0.2, 0.25) is 0 Å². The highest BCUT2D eigenvalue weighted by Crippen LogP contribution is 2.17. The summed E-state index contributed by atoms with van der Waals surface area (Å²) >= 11 is 0. The Labute approximate surface area is 130 Å². The van der Waals surface area contributed by atoms with Crippen molar-refractivity contribution in [3.63, 3.8) is 0 Å². The number of amides is 2. The molecule has 1 unspecified atom stereocenters. The van der Waals surface area contributed by atoms with E-state index in [0.29, 0.717) is 12.4 Å². The summed E-state index contributed by atoms with van der Waals surface area (Å²) in [6, 6.07) is 2.85. The first kappa shape index (κ1) is 17.7. The summed E-state index contributed by atoms with van der Waals surface area (Å²) in [5, 5.41) is 8.27. The minimum atomic E-state index is -0.744. The maximum absolute atomic E-state index is 12.1. The average molecular weight is 308 g/mol. The van der Waals surface area contributed by atoms with E-state index in [-0.39, 0.29) is 5.91 Å². The molecule has 3 N–H and O–H groups in total. The maximum atomic E-state index is 12.1. The van der Waals surface area contributed by atoms with Crippen LogP contribution in [0.5, 0.6) is 0 Å². The Balaban J connectivity index is 2.63. The van der Waals surface area contributed by atoms with Gasteiger partial charge in [-0.2, -0.15) is 0 Å². The van der Waals surface area contributed by atoms with Crippen LogP contribution >= 0.6 is 0 Å². The smallest absolute Gasteiger partial charge is 0.408 e. The second kappa shape index (κ2) is 7.63. The molecule has 0 radical (unpaired) electrons. The highest BCUT2D eigenvalue weighted by Gasteiger charge is 2.21. The van der Waals surface area contributed by atoms with E-state index in [1.807, 2.05) is 13.0 Å². The largest absolute Gasteiger partial charge is 0.444 e. The predicted octanol–water partition coefficient (Wildman–Crippen LogP) is 2.37. The van der Waals surface area contributed by atoms with Crippen molar-refractivity contribution in [3.8, 4) is 0 Å². The van der Waals surface area contributed by atoms with Crippen LogP contribution in [0.3, 0.4) is 0 Å². The van der Waals surface area contributed by atoms with Crippen LogP contribution in [0.4, 0.5) is 16.3 Å². The van der Waals surface area contributed by atoms with Crippen molar-refractivity contribution < 1.29 is 14.3 Å². The first-order valence-electron chi connectivity index (χ1n) is 7.22. The molecule has 0 spiro atoms. The summed E-state index contributed by atoms with van der Waals surface area (Å²) < 4.78 is 5.11. The molecule has 2 amide bonds. The van der Waals surface area contributed by atoms with Crippen molar-refractivity contribution in [2.45, 2.75) is 46.3 Å². The number of nitrogens with one attached hydrogen (secondary N) is 3. The molecule has 0 saturated carbocycles. The molecule has 1 aromatic rings. The number of nitrogens with zero attached hydrogens (tertiary/aromatic N) is 1. The normalized spacial score (nSPS) is 12.2. The van der Waals surface area contributed by atoms with E-state index in [1.54, 1.807) is 40.0 Å². The van der Waals surface area contributed by atoms with Crippen molar-refractivity contribution in [3.05, 3.63) is 18.3 Å². The molecule has 1 heterocycles. The molecule has 0 aromatic carbocycles. The maximum Gasteiger partial charge on any atom is 0.408 e. The van der Waals surface area contributed by atoms with Crippen LogP contribution in [0.15, 0.2) is 18.3 Å². The van der Waals surface area contributed by atoms with Gasteiger partial charge in [-0.25, -0.2) is 9.78 Å². The van der Waals surface area contributed by atoms with Crippen molar-refractivity contribution >= 4 is 23.5 Å². The molecule has 22 heavy (non-hydrogen) atoms. The Hall–Kier alpha value is -2.31. The molecule has 122 valence electrons. The lowest BCUT2D eigenvalue weighted by atomic mass is 10.2.